The number of nitrogens with one attached hydrogen (secondary N) is 2. The minimum absolute atomic E-state index is 0.201. The average molecular weight is 301 g/mol. The van der Waals surface area contributed by atoms with Gasteiger partial charge in [-0.15, -0.1) is 0 Å². The highest BCUT2D eigenvalue weighted by molar-refractivity contribution is 7.89. The fourth-order valence-electron chi connectivity index (χ4n) is 1.51. The van der Waals surface area contributed by atoms with Gasteiger partial charge in [0.25, 0.3) is 0 Å². The summed E-state index contributed by atoms with van der Waals surface area (Å²) in [5, 5.41) is 2.98. The van der Waals surface area contributed by atoms with Crippen molar-refractivity contribution < 1.29 is 13.2 Å². The van der Waals surface area contributed by atoms with Crippen LogP contribution in [-0.4, -0.2) is 39.7 Å². The number of hydrogen-bond acceptors (Lipinski definition) is 5. The first-order valence-electron chi connectivity index (χ1n) is 6.73. The molecule has 0 spiro atoms. The van der Waals surface area contributed by atoms with Gasteiger partial charge in [-0.25, -0.2) is 18.1 Å². The number of hydrogen-bond donors (Lipinski definition) is 2. The van der Waals surface area contributed by atoms with E-state index in [-0.39, 0.29) is 11.4 Å². The van der Waals surface area contributed by atoms with E-state index in [2.05, 4.69) is 15.0 Å². The lowest BCUT2D eigenvalue weighted by Gasteiger charge is -2.09. The number of ether oxygens (including phenoxy) is 1. The zero-order chi connectivity index (χ0) is 15.0. The van der Waals surface area contributed by atoms with E-state index in [0.717, 1.165) is 0 Å². The Bertz CT molecular complexity index is 503. The van der Waals surface area contributed by atoms with Gasteiger partial charge in [-0.1, -0.05) is 13.8 Å². The van der Waals surface area contributed by atoms with Crippen molar-refractivity contribution in [3.63, 3.8) is 0 Å². The second kappa shape index (κ2) is 8.18. The number of aromatic nitrogens is 1. The molecule has 0 amide bonds. The van der Waals surface area contributed by atoms with Gasteiger partial charge >= 0.3 is 0 Å². The molecule has 0 aromatic carbocycles. The molecule has 0 aliphatic carbocycles. The second-order valence-electron chi connectivity index (χ2n) is 4.77. The molecule has 0 fully saturated rings. The normalized spacial score (nSPS) is 11.8. The molecule has 20 heavy (non-hydrogen) atoms. The molecule has 0 bridgehead atoms. The molecule has 1 heterocycles. The Kier molecular flexibility index (Phi) is 6.90. The first-order chi connectivity index (χ1) is 9.45. The molecule has 0 aliphatic rings. The Labute approximate surface area is 121 Å². The highest BCUT2D eigenvalue weighted by Crippen LogP contribution is 2.12. The summed E-state index contributed by atoms with van der Waals surface area (Å²) in [6, 6.07) is 2.99. The Hall–Kier alpha value is -1.18. The maximum absolute atomic E-state index is 12.1. The third-order valence-corrected chi connectivity index (χ3v) is 3.85. The summed E-state index contributed by atoms with van der Waals surface area (Å²) in [5.41, 5.74) is 0. The van der Waals surface area contributed by atoms with Crippen molar-refractivity contribution in [2.24, 2.45) is 5.92 Å². The third kappa shape index (κ3) is 5.85. The molecule has 114 valence electrons. The predicted molar refractivity (Wildman–Crippen MR) is 79.2 cm³/mol. The molecular weight excluding hydrogens is 278 g/mol. The Morgan fingerprint density at radius 3 is 2.80 bits per heavy atom. The van der Waals surface area contributed by atoms with Crippen molar-refractivity contribution in [3.8, 4) is 0 Å². The molecule has 6 nitrogen and oxygen atoms in total. The molecule has 1 rings (SSSR count). The standard InChI is InChI=1S/C13H23N3O3S/c1-4-14-13-9-12(5-6-15-13)20(17,18)16-7-8-19-10-11(2)3/h5-6,9,11,16H,4,7-8,10H2,1-3H3,(H,14,15). The summed E-state index contributed by atoms with van der Waals surface area (Å²) in [6.45, 7) is 7.95. The van der Waals surface area contributed by atoms with Gasteiger partial charge in [0.05, 0.1) is 11.5 Å². The summed E-state index contributed by atoms with van der Waals surface area (Å²) in [4.78, 5) is 4.24. The molecular formula is C13H23N3O3S. The summed E-state index contributed by atoms with van der Waals surface area (Å²) < 4.78 is 32.0. The Balaban J connectivity index is 2.53. The van der Waals surface area contributed by atoms with E-state index in [1.54, 1.807) is 0 Å². The van der Waals surface area contributed by atoms with Crippen LogP contribution in [0.3, 0.4) is 0 Å². The van der Waals surface area contributed by atoms with Gasteiger partial charge in [0.1, 0.15) is 5.82 Å². The van der Waals surface area contributed by atoms with Crippen molar-refractivity contribution in [1.29, 1.82) is 0 Å². The van der Waals surface area contributed by atoms with Crippen LogP contribution in [-0.2, 0) is 14.8 Å². The van der Waals surface area contributed by atoms with Gasteiger partial charge in [-0.05, 0) is 18.9 Å². The summed E-state index contributed by atoms with van der Waals surface area (Å²) in [5.74, 6) is 0.987. The predicted octanol–water partition coefficient (Wildman–Crippen LogP) is 1.46. The number of rotatable bonds is 9. The lowest BCUT2D eigenvalue weighted by Crippen LogP contribution is -2.28. The van der Waals surface area contributed by atoms with E-state index < -0.39 is 10.0 Å². The van der Waals surface area contributed by atoms with E-state index in [1.165, 1.54) is 18.3 Å². The fraction of sp³-hybridized carbons (Fsp3) is 0.615. The minimum Gasteiger partial charge on any atom is -0.380 e. The van der Waals surface area contributed by atoms with Crippen molar-refractivity contribution in [3.05, 3.63) is 18.3 Å². The van der Waals surface area contributed by atoms with Crippen LogP contribution in [0.5, 0.6) is 0 Å². The van der Waals surface area contributed by atoms with Crippen LogP contribution in [0.1, 0.15) is 20.8 Å². The topological polar surface area (TPSA) is 80.3 Å². The van der Waals surface area contributed by atoms with E-state index in [4.69, 9.17) is 4.74 Å². The zero-order valence-corrected chi connectivity index (χ0v) is 13.0. The maximum atomic E-state index is 12.1. The third-order valence-electron chi connectivity index (χ3n) is 2.39. The van der Waals surface area contributed by atoms with Crippen LogP contribution in [0.4, 0.5) is 5.82 Å². The maximum Gasteiger partial charge on any atom is 0.240 e. The molecule has 2 N–H and O–H groups in total. The van der Waals surface area contributed by atoms with Gasteiger partial charge in [0, 0.05) is 32.0 Å². The van der Waals surface area contributed by atoms with Crippen molar-refractivity contribution in [2.75, 3.05) is 31.6 Å². The molecule has 0 atom stereocenters. The largest absolute Gasteiger partial charge is 0.380 e. The molecule has 1 aromatic rings. The van der Waals surface area contributed by atoms with Gasteiger partial charge in [-0.2, -0.15) is 0 Å². The van der Waals surface area contributed by atoms with Gasteiger partial charge in [-0.3, -0.25) is 0 Å². The van der Waals surface area contributed by atoms with Crippen LogP contribution < -0.4 is 10.0 Å². The number of pyridine rings is 1. The van der Waals surface area contributed by atoms with Gasteiger partial charge < -0.3 is 10.1 Å². The molecule has 0 unspecified atom stereocenters. The average Bonchev–Trinajstić information content (AvgIpc) is 2.38. The molecule has 0 radical (unpaired) electrons. The Morgan fingerprint density at radius 1 is 1.40 bits per heavy atom. The fourth-order valence-corrected chi connectivity index (χ4v) is 2.53. The summed E-state index contributed by atoms with van der Waals surface area (Å²) in [7, 11) is -3.51. The van der Waals surface area contributed by atoms with E-state index >= 15 is 0 Å². The second-order valence-corrected chi connectivity index (χ2v) is 6.54. The van der Waals surface area contributed by atoms with Crippen LogP contribution in [0.25, 0.3) is 0 Å². The first kappa shape index (κ1) is 16.9. The molecule has 0 saturated heterocycles. The SMILES string of the molecule is CCNc1cc(S(=O)(=O)NCCOCC(C)C)ccn1. The summed E-state index contributed by atoms with van der Waals surface area (Å²) in [6.07, 6.45) is 1.47. The number of sulfonamides is 1. The van der Waals surface area contributed by atoms with Crippen LogP contribution in [0.2, 0.25) is 0 Å². The summed E-state index contributed by atoms with van der Waals surface area (Å²) >= 11 is 0. The van der Waals surface area contributed by atoms with E-state index in [0.29, 0.717) is 31.5 Å². The van der Waals surface area contributed by atoms with Gasteiger partial charge in [0.15, 0.2) is 0 Å². The van der Waals surface area contributed by atoms with Crippen LogP contribution in [0, 0.1) is 5.92 Å². The monoisotopic (exact) mass is 301 g/mol. The molecule has 0 saturated carbocycles. The highest BCUT2D eigenvalue weighted by Gasteiger charge is 2.14. The van der Waals surface area contributed by atoms with E-state index in [9.17, 15) is 8.42 Å². The Morgan fingerprint density at radius 2 is 2.15 bits per heavy atom. The quantitative estimate of drug-likeness (QED) is 0.675. The zero-order valence-electron chi connectivity index (χ0n) is 12.2. The lowest BCUT2D eigenvalue weighted by atomic mass is 10.2. The van der Waals surface area contributed by atoms with Gasteiger partial charge in [0.2, 0.25) is 10.0 Å². The molecule has 0 aliphatic heterocycles. The molecule has 1 aromatic heterocycles. The van der Waals surface area contributed by atoms with Crippen molar-refractivity contribution in [2.45, 2.75) is 25.7 Å². The first-order valence-corrected chi connectivity index (χ1v) is 8.21. The number of nitrogens with zero attached hydrogens (tertiary/aromatic N) is 1. The van der Waals surface area contributed by atoms with Crippen LogP contribution in [0.15, 0.2) is 23.2 Å². The molecule has 7 heteroatoms. The van der Waals surface area contributed by atoms with Crippen molar-refractivity contribution >= 4 is 15.8 Å². The smallest absolute Gasteiger partial charge is 0.240 e. The van der Waals surface area contributed by atoms with E-state index in [1.807, 2.05) is 20.8 Å². The van der Waals surface area contributed by atoms with Crippen LogP contribution >= 0.6 is 0 Å². The lowest BCUT2D eigenvalue weighted by molar-refractivity contribution is 0.114. The highest BCUT2D eigenvalue weighted by atomic mass is 32.2. The number of anilines is 1. The van der Waals surface area contributed by atoms with Crippen molar-refractivity contribution in [1.82, 2.24) is 9.71 Å². The minimum atomic E-state index is -3.51.